The molecule has 1 unspecified atom stereocenters. The van der Waals surface area contributed by atoms with Crippen LogP contribution in [0.15, 0.2) is 18.2 Å². The average Bonchev–Trinajstić information content (AvgIpc) is 2.37. The van der Waals surface area contributed by atoms with Crippen LogP contribution in [-0.4, -0.2) is 42.8 Å². The molecule has 0 saturated carbocycles. The lowest BCUT2D eigenvalue weighted by molar-refractivity contribution is -0.149. The number of ether oxygens (including phenoxy) is 2. The van der Waals surface area contributed by atoms with Crippen LogP contribution in [-0.2, 0) is 14.3 Å². The van der Waals surface area contributed by atoms with E-state index in [0.717, 1.165) is 12.1 Å². The number of hydrogen-bond donors (Lipinski definition) is 2. The molecule has 1 aromatic carbocycles. The first-order chi connectivity index (χ1) is 9.78. The summed E-state index contributed by atoms with van der Waals surface area (Å²) in [5.74, 6) is -4.11. The molecule has 116 valence electrons. The van der Waals surface area contributed by atoms with E-state index in [1.807, 2.05) is 0 Å². The molecule has 0 saturated heterocycles. The van der Waals surface area contributed by atoms with Crippen LogP contribution in [0, 0.1) is 11.6 Å². The van der Waals surface area contributed by atoms with Gasteiger partial charge in [-0.3, -0.25) is 4.79 Å². The zero-order chi connectivity index (χ0) is 16.0. The van der Waals surface area contributed by atoms with E-state index in [2.05, 4.69) is 5.32 Å². The molecular weight excluding hydrogens is 288 g/mol. The van der Waals surface area contributed by atoms with Gasteiger partial charge >= 0.3 is 5.97 Å². The van der Waals surface area contributed by atoms with Gasteiger partial charge in [0.05, 0.1) is 6.61 Å². The molecule has 21 heavy (non-hydrogen) atoms. The first-order valence-corrected chi connectivity index (χ1v) is 5.89. The Labute approximate surface area is 119 Å². The summed E-state index contributed by atoms with van der Waals surface area (Å²) in [6, 6.07) is 2.62. The zero-order valence-electron chi connectivity index (χ0n) is 11.5. The number of benzene rings is 1. The van der Waals surface area contributed by atoms with Gasteiger partial charge in [-0.15, -0.1) is 0 Å². The first kappa shape index (κ1) is 16.8. The van der Waals surface area contributed by atoms with Crippen LogP contribution in [0.3, 0.4) is 0 Å². The molecule has 8 heteroatoms. The Morgan fingerprint density at radius 3 is 2.57 bits per heavy atom. The summed E-state index contributed by atoms with van der Waals surface area (Å²) in [5.41, 5.74) is -1.63. The molecule has 0 spiro atoms. The van der Waals surface area contributed by atoms with E-state index in [4.69, 9.17) is 14.6 Å². The van der Waals surface area contributed by atoms with Gasteiger partial charge in [-0.2, -0.15) is 0 Å². The normalized spacial score (nSPS) is 13.3. The second kappa shape index (κ2) is 6.98. The second-order valence-electron chi connectivity index (χ2n) is 4.48. The quantitative estimate of drug-likeness (QED) is 0.783. The summed E-state index contributed by atoms with van der Waals surface area (Å²) in [4.78, 5) is 22.7. The molecule has 6 nitrogen and oxygen atoms in total. The van der Waals surface area contributed by atoms with Gasteiger partial charge in [0.1, 0.15) is 5.82 Å². The maximum absolute atomic E-state index is 13.3. The number of aliphatic carboxylic acids is 1. The minimum absolute atomic E-state index is 0.251. The van der Waals surface area contributed by atoms with Crippen LogP contribution >= 0.6 is 0 Å². The summed E-state index contributed by atoms with van der Waals surface area (Å²) >= 11 is 0. The fourth-order valence-corrected chi connectivity index (χ4v) is 1.52. The van der Waals surface area contributed by atoms with Gasteiger partial charge in [-0.1, -0.05) is 0 Å². The molecule has 0 aliphatic heterocycles. The lowest BCUT2D eigenvalue weighted by atomic mass is 10.0. The fourth-order valence-electron chi connectivity index (χ4n) is 1.52. The van der Waals surface area contributed by atoms with Crippen molar-refractivity contribution in [3.63, 3.8) is 0 Å². The van der Waals surface area contributed by atoms with Crippen LogP contribution in [0.2, 0.25) is 0 Å². The summed E-state index contributed by atoms with van der Waals surface area (Å²) < 4.78 is 35.6. The summed E-state index contributed by atoms with van der Waals surface area (Å²) in [5, 5.41) is 11.2. The molecule has 0 bridgehead atoms. The number of hydrogen-bond acceptors (Lipinski definition) is 4. The van der Waals surface area contributed by atoms with Crippen LogP contribution < -0.4 is 10.1 Å². The third-order valence-electron chi connectivity index (χ3n) is 2.57. The number of carbonyl (C=O) groups excluding carboxylic acids is 1. The lowest BCUT2D eigenvalue weighted by Crippen LogP contribution is -2.56. The third-order valence-corrected chi connectivity index (χ3v) is 2.57. The van der Waals surface area contributed by atoms with E-state index >= 15 is 0 Å². The van der Waals surface area contributed by atoms with E-state index in [9.17, 15) is 18.4 Å². The summed E-state index contributed by atoms with van der Waals surface area (Å²) in [6.45, 7) is 0.392. The van der Waals surface area contributed by atoms with Crippen LogP contribution in [0.4, 0.5) is 8.78 Å². The minimum atomic E-state index is -1.63. The van der Waals surface area contributed by atoms with Crippen molar-refractivity contribution in [3.8, 4) is 5.75 Å². The third kappa shape index (κ3) is 4.67. The average molecular weight is 303 g/mol. The number of halogens is 2. The number of methoxy groups -OCH3 is 1. The van der Waals surface area contributed by atoms with Crippen LogP contribution in [0.5, 0.6) is 5.75 Å². The Hall–Kier alpha value is -2.22. The van der Waals surface area contributed by atoms with Gasteiger partial charge < -0.3 is 19.9 Å². The number of nitrogens with one attached hydrogen (secondary N) is 1. The van der Waals surface area contributed by atoms with Crippen molar-refractivity contribution in [3.05, 3.63) is 29.8 Å². The Morgan fingerprint density at radius 2 is 2.05 bits per heavy atom. The standard InChI is InChI=1S/C13H15F2NO5/c1-13(7-20-2,12(18)19)16-11(17)6-21-10-4-3-8(14)5-9(10)15/h3-5H,6-7H2,1-2H3,(H,16,17)(H,18,19). The molecule has 0 aromatic heterocycles. The number of carbonyl (C=O) groups is 2. The molecule has 0 heterocycles. The second-order valence-corrected chi connectivity index (χ2v) is 4.48. The molecule has 1 aromatic rings. The van der Waals surface area contributed by atoms with Gasteiger partial charge in [-0.05, 0) is 19.1 Å². The lowest BCUT2D eigenvalue weighted by Gasteiger charge is -2.25. The molecule has 0 radical (unpaired) electrons. The highest BCUT2D eigenvalue weighted by Gasteiger charge is 2.35. The maximum Gasteiger partial charge on any atom is 0.331 e. The number of rotatable bonds is 7. The summed E-state index contributed by atoms with van der Waals surface area (Å²) in [6.07, 6.45) is 0. The van der Waals surface area contributed by atoms with E-state index in [-0.39, 0.29) is 12.4 Å². The molecule has 1 amide bonds. The van der Waals surface area contributed by atoms with E-state index < -0.39 is 35.7 Å². The summed E-state index contributed by atoms with van der Waals surface area (Å²) in [7, 11) is 1.29. The van der Waals surface area contributed by atoms with Gasteiger partial charge in [0.15, 0.2) is 23.7 Å². The molecule has 0 aliphatic rings. The van der Waals surface area contributed by atoms with Gasteiger partial charge in [-0.25, -0.2) is 13.6 Å². The Bertz CT molecular complexity index is 537. The van der Waals surface area contributed by atoms with Crippen molar-refractivity contribution in [1.29, 1.82) is 0 Å². The van der Waals surface area contributed by atoms with Crippen molar-refractivity contribution in [2.75, 3.05) is 20.3 Å². The minimum Gasteiger partial charge on any atom is -0.481 e. The fraction of sp³-hybridized carbons (Fsp3) is 0.385. The Morgan fingerprint density at radius 1 is 1.38 bits per heavy atom. The zero-order valence-corrected chi connectivity index (χ0v) is 11.5. The van der Waals surface area contributed by atoms with Crippen LogP contribution in [0.1, 0.15) is 6.92 Å². The van der Waals surface area contributed by atoms with Crippen molar-refractivity contribution in [1.82, 2.24) is 5.32 Å². The molecule has 1 atom stereocenters. The predicted octanol–water partition coefficient (Wildman–Crippen LogP) is 0.949. The smallest absolute Gasteiger partial charge is 0.331 e. The topological polar surface area (TPSA) is 84.9 Å². The van der Waals surface area contributed by atoms with Crippen molar-refractivity contribution >= 4 is 11.9 Å². The highest BCUT2D eigenvalue weighted by molar-refractivity contribution is 5.87. The first-order valence-electron chi connectivity index (χ1n) is 5.89. The maximum atomic E-state index is 13.3. The number of carboxylic acids is 1. The largest absolute Gasteiger partial charge is 0.481 e. The van der Waals surface area contributed by atoms with Gasteiger partial charge in [0.25, 0.3) is 5.91 Å². The molecule has 0 fully saturated rings. The molecule has 1 rings (SSSR count). The molecule has 0 aliphatic carbocycles. The molecule has 2 N–H and O–H groups in total. The Kier molecular flexibility index (Phi) is 5.60. The predicted molar refractivity (Wildman–Crippen MR) is 67.9 cm³/mol. The Balaban J connectivity index is 2.63. The van der Waals surface area contributed by atoms with Crippen molar-refractivity contribution in [2.45, 2.75) is 12.5 Å². The highest BCUT2D eigenvalue weighted by atomic mass is 19.1. The molecular formula is C13H15F2NO5. The monoisotopic (exact) mass is 303 g/mol. The highest BCUT2D eigenvalue weighted by Crippen LogP contribution is 2.17. The number of amides is 1. The van der Waals surface area contributed by atoms with Gasteiger partial charge in [0.2, 0.25) is 0 Å². The van der Waals surface area contributed by atoms with E-state index in [1.54, 1.807) is 0 Å². The van der Waals surface area contributed by atoms with Crippen molar-refractivity contribution < 1.29 is 33.0 Å². The van der Waals surface area contributed by atoms with Crippen molar-refractivity contribution in [2.24, 2.45) is 0 Å². The van der Waals surface area contributed by atoms with E-state index in [1.165, 1.54) is 14.0 Å². The SMILES string of the molecule is COCC(C)(NC(=O)COc1ccc(F)cc1F)C(=O)O. The number of carboxylic acid groups (broad SMARTS) is 1. The van der Waals surface area contributed by atoms with Gasteiger partial charge in [0, 0.05) is 13.2 Å². The van der Waals surface area contributed by atoms with Crippen LogP contribution in [0.25, 0.3) is 0 Å². The van der Waals surface area contributed by atoms with E-state index in [0.29, 0.717) is 6.07 Å².